The molecule has 0 saturated heterocycles. The van der Waals surface area contributed by atoms with Gasteiger partial charge in [-0.25, -0.2) is 0 Å². The second-order valence-corrected chi connectivity index (χ2v) is 3.77. The van der Waals surface area contributed by atoms with Crippen LogP contribution in [-0.2, 0) is 22.4 Å². The van der Waals surface area contributed by atoms with Crippen molar-refractivity contribution in [3.05, 3.63) is 29.3 Å². The molecule has 0 bridgehead atoms. The lowest BCUT2D eigenvalue weighted by molar-refractivity contribution is -0.139. The van der Waals surface area contributed by atoms with Crippen LogP contribution in [0.5, 0.6) is 0 Å². The first-order valence-corrected chi connectivity index (χ1v) is 5.22. The molecule has 0 spiro atoms. The van der Waals surface area contributed by atoms with Crippen molar-refractivity contribution in [2.24, 2.45) is 0 Å². The first-order valence-electron chi connectivity index (χ1n) is 5.22. The largest absolute Gasteiger partial charge is 0.469 e. The number of rotatable bonds is 2. The van der Waals surface area contributed by atoms with Crippen LogP contribution in [0.25, 0.3) is 0 Å². The highest BCUT2D eigenvalue weighted by Gasteiger charge is 2.10. The Morgan fingerprint density at radius 1 is 1.53 bits per heavy atom. The maximum Gasteiger partial charge on any atom is 0.309 e. The molecular formula is C12H15NO2. The Kier molecular flexibility index (Phi) is 2.90. The molecule has 1 aromatic carbocycles. The molecule has 0 atom stereocenters. The van der Waals surface area contributed by atoms with E-state index in [1.54, 1.807) is 0 Å². The summed E-state index contributed by atoms with van der Waals surface area (Å²) in [5, 5.41) is 3.34. The van der Waals surface area contributed by atoms with Gasteiger partial charge in [0.15, 0.2) is 0 Å². The summed E-state index contributed by atoms with van der Waals surface area (Å²) < 4.78 is 4.64. The predicted octanol–water partition coefficient (Wildman–Crippen LogP) is 1.76. The predicted molar refractivity (Wildman–Crippen MR) is 59.0 cm³/mol. The van der Waals surface area contributed by atoms with E-state index < -0.39 is 0 Å². The summed E-state index contributed by atoms with van der Waals surface area (Å²) in [6.07, 6.45) is 2.62. The third-order valence-electron chi connectivity index (χ3n) is 2.68. The van der Waals surface area contributed by atoms with Gasteiger partial charge in [-0.2, -0.15) is 0 Å². The van der Waals surface area contributed by atoms with Crippen LogP contribution in [0.4, 0.5) is 5.69 Å². The Morgan fingerprint density at radius 2 is 2.40 bits per heavy atom. The first-order chi connectivity index (χ1) is 7.29. The van der Waals surface area contributed by atoms with Gasteiger partial charge in [-0.3, -0.25) is 4.79 Å². The minimum Gasteiger partial charge on any atom is -0.469 e. The minimum atomic E-state index is -0.182. The molecule has 0 fully saturated rings. The molecule has 0 saturated carbocycles. The average Bonchev–Trinajstić information content (AvgIpc) is 2.29. The van der Waals surface area contributed by atoms with Crippen molar-refractivity contribution in [1.29, 1.82) is 0 Å². The third kappa shape index (κ3) is 2.29. The van der Waals surface area contributed by atoms with E-state index in [-0.39, 0.29) is 5.97 Å². The van der Waals surface area contributed by atoms with E-state index in [0.29, 0.717) is 6.42 Å². The molecule has 0 unspecified atom stereocenters. The molecule has 80 valence electrons. The molecule has 3 nitrogen and oxygen atoms in total. The number of benzene rings is 1. The van der Waals surface area contributed by atoms with E-state index in [1.807, 2.05) is 12.1 Å². The minimum absolute atomic E-state index is 0.182. The number of hydrogen-bond donors (Lipinski definition) is 1. The Bertz CT molecular complexity index is 374. The fourth-order valence-corrected chi connectivity index (χ4v) is 1.88. The molecule has 1 heterocycles. The first kappa shape index (κ1) is 10.0. The van der Waals surface area contributed by atoms with E-state index >= 15 is 0 Å². The van der Waals surface area contributed by atoms with E-state index in [2.05, 4.69) is 16.1 Å². The molecule has 15 heavy (non-hydrogen) atoms. The highest BCUT2D eigenvalue weighted by atomic mass is 16.5. The quantitative estimate of drug-likeness (QED) is 0.748. The molecule has 1 aromatic rings. The second-order valence-electron chi connectivity index (χ2n) is 3.77. The van der Waals surface area contributed by atoms with Gasteiger partial charge < -0.3 is 10.1 Å². The SMILES string of the molecule is COC(=O)Cc1ccc2c(c1)CCCN2. The lowest BCUT2D eigenvalue weighted by atomic mass is 10.00. The van der Waals surface area contributed by atoms with Crippen LogP contribution in [0.2, 0.25) is 0 Å². The van der Waals surface area contributed by atoms with Crippen molar-refractivity contribution < 1.29 is 9.53 Å². The zero-order valence-electron chi connectivity index (χ0n) is 8.88. The van der Waals surface area contributed by atoms with Gasteiger partial charge in [0.05, 0.1) is 13.5 Å². The molecule has 0 aromatic heterocycles. The Morgan fingerprint density at radius 3 is 3.20 bits per heavy atom. The van der Waals surface area contributed by atoms with Gasteiger partial charge in [0.25, 0.3) is 0 Å². The molecule has 2 rings (SSSR count). The number of anilines is 1. The number of carbonyl (C=O) groups excluding carboxylic acids is 1. The number of hydrogen-bond acceptors (Lipinski definition) is 3. The molecule has 0 radical (unpaired) electrons. The molecular weight excluding hydrogens is 190 g/mol. The maximum atomic E-state index is 11.1. The van der Waals surface area contributed by atoms with Gasteiger partial charge in [-0.15, -0.1) is 0 Å². The summed E-state index contributed by atoms with van der Waals surface area (Å²) in [5.74, 6) is -0.182. The summed E-state index contributed by atoms with van der Waals surface area (Å²) in [5.41, 5.74) is 3.54. The summed E-state index contributed by atoms with van der Waals surface area (Å²) in [4.78, 5) is 11.1. The molecule has 1 N–H and O–H groups in total. The number of aryl methyl sites for hydroxylation is 1. The average molecular weight is 205 g/mol. The summed E-state index contributed by atoms with van der Waals surface area (Å²) in [6, 6.07) is 6.12. The van der Waals surface area contributed by atoms with Gasteiger partial charge in [-0.1, -0.05) is 12.1 Å². The van der Waals surface area contributed by atoms with Crippen molar-refractivity contribution in [1.82, 2.24) is 0 Å². The van der Waals surface area contributed by atoms with E-state index in [0.717, 1.165) is 24.9 Å². The van der Waals surface area contributed by atoms with Crippen molar-refractivity contribution in [3.8, 4) is 0 Å². The van der Waals surface area contributed by atoms with E-state index in [1.165, 1.54) is 18.4 Å². The van der Waals surface area contributed by atoms with Gasteiger partial charge in [0.2, 0.25) is 0 Å². The van der Waals surface area contributed by atoms with Gasteiger partial charge >= 0.3 is 5.97 Å². The monoisotopic (exact) mass is 205 g/mol. The van der Waals surface area contributed by atoms with Crippen molar-refractivity contribution >= 4 is 11.7 Å². The van der Waals surface area contributed by atoms with Crippen molar-refractivity contribution in [3.63, 3.8) is 0 Å². The maximum absolute atomic E-state index is 11.1. The topological polar surface area (TPSA) is 38.3 Å². The fourth-order valence-electron chi connectivity index (χ4n) is 1.88. The van der Waals surface area contributed by atoms with Crippen LogP contribution in [-0.4, -0.2) is 19.6 Å². The highest BCUT2D eigenvalue weighted by Crippen LogP contribution is 2.23. The van der Waals surface area contributed by atoms with Gasteiger partial charge in [0.1, 0.15) is 0 Å². The van der Waals surface area contributed by atoms with Crippen molar-refractivity contribution in [2.45, 2.75) is 19.3 Å². The van der Waals surface area contributed by atoms with Gasteiger partial charge in [-0.05, 0) is 30.0 Å². The number of nitrogens with one attached hydrogen (secondary N) is 1. The number of carbonyl (C=O) groups is 1. The standard InChI is InChI=1S/C12H15NO2/c1-15-12(14)8-9-4-5-11-10(7-9)3-2-6-13-11/h4-5,7,13H,2-3,6,8H2,1H3. The van der Waals surface area contributed by atoms with Crippen LogP contribution in [0.1, 0.15) is 17.5 Å². The number of ether oxygens (including phenoxy) is 1. The number of esters is 1. The third-order valence-corrected chi connectivity index (χ3v) is 2.68. The normalized spacial score (nSPS) is 13.9. The van der Waals surface area contributed by atoms with Crippen LogP contribution in [0.15, 0.2) is 18.2 Å². The fraction of sp³-hybridized carbons (Fsp3) is 0.417. The Balaban J connectivity index is 2.17. The molecule has 1 aliphatic heterocycles. The Labute approximate surface area is 89.4 Å². The molecule has 0 amide bonds. The number of fused-ring (bicyclic) bond motifs is 1. The smallest absolute Gasteiger partial charge is 0.309 e. The van der Waals surface area contributed by atoms with Crippen LogP contribution in [0.3, 0.4) is 0 Å². The van der Waals surface area contributed by atoms with Gasteiger partial charge in [0, 0.05) is 12.2 Å². The zero-order valence-corrected chi connectivity index (χ0v) is 8.88. The second kappa shape index (κ2) is 4.34. The van der Waals surface area contributed by atoms with Crippen molar-refractivity contribution in [2.75, 3.05) is 19.0 Å². The summed E-state index contributed by atoms with van der Waals surface area (Å²) in [7, 11) is 1.42. The molecule has 0 aliphatic carbocycles. The van der Waals surface area contributed by atoms with Crippen LogP contribution >= 0.6 is 0 Å². The number of methoxy groups -OCH3 is 1. The Hall–Kier alpha value is -1.51. The zero-order chi connectivity index (χ0) is 10.7. The summed E-state index contributed by atoms with van der Waals surface area (Å²) >= 11 is 0. The molecule has 1 aliphatic rings. The highest BCUT2D eigenvalue weighted by molar-refractivity contribution is 5.73. The summed E-state index contributed by atoms with van der Waals surface area (Å²) in [6.45, 7) is 1.04. The molecule has 3 heteroatoms. The van der Waals surface area contributed by atoms with Crippen LogP contribution in [0, 0.1) is 0 Å². The van der Waals surface area contributed by atoms with E-state index in [9.17, 15) is 4.79 Å². The lowest BCUT2D eigenvalue weighted by Crippen LogP contribution is -2.12. The lowest BCUT2D eigenvalue weighted by Gasteiger charge is -2.18. The van der Waals surface area contributed by atoms with Crippen LogP contribution < -0.4 is 5.32 Å². The van der Waals surface area contributed by atoms with E-state index in [4.69, 9.17) is 0 Å².